The molecule has 1 aromatic carbocycles. The second kappa shape index (κ2) is 3.45. The molecule has 0 atom stereocenters. The van der Waals surface area contributed by atoms with Crippen molar-refractivity contribution in [2.45, 2.75) is 0 Å². The summed E-state index contributed by atoms with van der Waals surface area (Å²) in [5.74, 6) is 0.841. The molecule has 3 heteroatoms. The van der Waals surface area contributed by atoms with Crippen LogP contribution in [0.2, 0.25) is 0 Å². The molecule has 0 saturated carbocycles. The van der Waals surface area contributed by atoms with Gasteiger partial charge in [0.2, 0.25) is 0 Å². The first-order valence-electron chi connectivity index (χ1n) is 5.17. The first-order chi connectivity index (χ1) is 7.86. The number of hydrogen-bond acceptors (Lipinski definition) is 1. The zero-order valence-corrected chi connectivity index (χ0v) is 8.95. The largest absolute Gasteiger partial charge is 0.495 e. The van der Waals surface area contributed by atoms with Crippen molar-refractivity contribution in [2.24, 2.45) is 0 Å². The van der Waals surface area contributed by atoms with Gasteiger partial charge in [-0.2, -0.15) is 0 Å². The number of nitrogens with one attached hydrogen (secondary N) is 2. The van der Waals surface area contributed by atoms with E-state index in [1.165, 1.54) is 5.39 Å². The van der Waals surface area contributed by atoms with Gasteiger partial charge in [0.15, 0.2) is 0 Å². The van der Waals surface area contributed by atoms with Gasteiger partial charge < -0.3 is 14.7 Å². The standard InChI is InChI=1S/C13H12N2O/c1-16-10-7-12(14-8-10)13-6-9-4-2-3-5-11(9)15-13/h2-8,14-15H,1H3. The minimum absolute atomic E-state index is 0.841. The zero-order chi connectivity index (χ0) is 11.0. The number of rotatable bonds is 2. The van der Waals surface area contributed by atoms with E-state index < -0.39 is 0 Å². The summed E-state index contributed by atoms with van der Waals surface area (Å²) in [6, 6.07) is 12.3. The molecule has 3 rings (SSSR count). The number of hydrogen-bond donors (Lipinski definition) is 2. The number of ether oxygens (including phenoxy) is 1. The third-order valence-electron chi connectivity index (χ3n) is 2.71. The number of para-hydroxylation sites is 1. The fourth-order valence-corrected chi connectivity index (χ4v) is 1.87. The molecule has 0 radical (unpaired) electrons. The summed E-state index contributed by atoms with van der Waals surface area (Å²) < 4.78 is 5.15. The Hall–Kier alpha value is -2.16. The van der Waals surface area contributed by atoms with E-state index >= 15 is 0 Å². The summed E-state index contributed by atoms with van der Waals surface area (Å²) in [5, 5.41) is 1.21. The molecule has 3 nitrogen and oxygen atoms in total. The average Bonchev–Trinajstić information content (AvgIpc) is 2.95. The van der Waals surface area contributed by atoms with E-state index in [1.54, 1.807) is 7.11 Å². The minimum Gasteiger partial charge on any atom is -0.495 e. The van der Waals surface area contributed by atoms with Crippen molar-refractivity contribution in [1.82, 2.24) is 9.97 Å². The van der Waals surface area contributed by atoms with E-state index in [-0.39, 0.29) is 0 Å². The highest BCUT2D eigenvalue weighted by atomic mass is 16.5. The fourth-order valence-electron chi connectivity index (χ4n) is 1.87. The molecule has 0 unspecified atom stereocenters. The van der Waals surface area contributed by atoms with E-state index in [0.29, 0.717) is 0 Å². The van der Waals surface area contributed by atoms with E-state index in [9.17, 15) is 0 Å². The summed E-state index contributed by atoms with van der Waals surface area (Å²) in [6.45, 7) is 0. The number of H-pyrrole nitrogens is 2. The Bertz CT molecular complexity index is 588. The van der Waals surface area contributed by atoms with E-state index in [1.807, 2.05) is 24.4 Å². The van der Waals surface area contributed by atoms with Gasteiger partial charge in [-0.3, -0.25) is 0 Å². The van der Waals surface area contributed by atoms with Gasteiger partial charge in [-0.05, 0) is 12.1 Å². The van der Waals surface area contributed by atoms with Crippen molar-refractivity contribution in [3.8, 4) is 17.1 Å². The van der Waals surface area contributed by atoms with Gasteiger partial charge in [-0.15, -0.1) is 0 Å². The molecule has 16 heavy (non-hydrogen) atoms. The number of aromatic amines is 2. The summed E-state index contributed by atoms with van der Waals surface area (Å²) in [4.78, 5) is 6.54. The van der Waals surface area contributed by atoms with E-state index in [2.05, 4.69) is 28.2 Å². The highest BCUT2D eigenvalue weighted by Crippen LogP contribution is 2.25. The predicted molar refractivity (Wildman–Crippen MR) is 64.6 cm³/mol. The molecule has 0 bridgehead atoms. The van der Waals surface area contributed by atoms with Crippen molar-refractivity contribution in [3.05, 3.63) is 42.6 Å². The number of fused-ring (bicyclic) bond motifs is 1. The lowest BCUT2D eigenvalue weighted by Gasteiger charge is -1.91. The van der Waals surface area contributed by atoms with Gasteiger partial charge in [-0.25, -0.2) is 0 Å². The van der Waals surface area contributed by atoms with Gasteiger partial charge >= 0.3 is 0 Å². The van der Waals surface area contributed by atoms with Crippen LogP contribution in [0.1, 0.15) is 0 Å². The van der Waals surface area contributed by atoms with E-state index in [0.717, 1.165) is 22.7 Å². The predicted octanol–water partition coefficient (Wildman–Crippen LogP) is 3.17. The second-order valence-electron chi connectivity index (χ2n) is 3.72. The van der Waals surface area contributed by atoms with E-state index in [4.69, 9.17) is 4.74 Å². The van der Waals surface area contributed by atoms with Gasteiger partial charge in [0, 0.05) is 23.2 Å². The molecule has 3 aromatic rings. The molecule has 2 N–H and O–H groups in total. The summed E-state index contributed by atoms with van der Waals surface area (Å²) >= 11 is 0. The van der Waals surface area contributed by atoms with Crippen molar-refractivity contribution in [2.75, 3.05) is 7.11 Å². The molecular formula is C13H12N2O. The van der Waals surface area contributed by atoms with Crippen LogP contribution in [-0.4, -0.2) is 17.1 Å². The fraction of sp³-hybridized carbons (Fsp3) is 0.0769. The quantitative estimate of drug-likeness (QED) is 0.673. The van der Waals surface area contributed by atoms with Crippen LogP contribution in [0.5, 0.6) is 5.75 Å². The lowest BCUT2D eigenvalue weighted by molar-refractivity contribution is 0.415. The maximum absolute atomic E-state index is 5.15. The van der Waals surface area contributed by atoms with Crippen molar-refractivity contribution in [3.63, 3.8) is 0 Å². The monoisotopic (exact) mass is 212 g/mol. The van der Waals surface area contributed by atoms with Crippen LogP contribution < -0.4 is 4.74 Å². The molecule has 0 fully saturated rings. The molecule has 0 amide bonds. The third kappa shape index (κ3) is 1.37. The molecular weight excluding hydrogens is 200 g/mol. The SMILES string of the molecule is COc1c[nH]c(-c2cc3ccccc3[nH]2)c1. The van der Waals surface area contributed by atoms with Crippen LogP contribution in [-0.2, 0) is 0 Å². The molecule has 0 aliphatic heterocycles. The summed E-state index contributed by atoms with van der Waals surface area (Å²) in [6.07, 6.45) is 1.85. The van der Waals surface area contributed by atoms with Gasteiger partial charge in [0.1, 0.15) is 5.75 Å². The lowest BCUT2D eigenvalue weighted by atomic mass is 10.2. The average molecular weight is 212 g/mol. The smallest absolute Gasteiger partial charge is 0.136 e. The zero-order valence-electron chi connectivity index (χ0n) is 8.95. The van der Waals surface area contributed by atoms with Crippen LogP contribution in [0.25, 0.3) is 22.3 Å². The molecule has 0 saturated heterocycles. The van der Waals surface area contributed by atoms with Crippen molar-refractivity contribution in [1.29, 1.82) is 0 Å². The van der Waals surface area contributed by atoms with Crippen molar-refractivity contribution >= 4 is 10.9 Å². The van der Waals surface area contributed by atoms with Crippen LogP contribution in [0.4, 0.5) is 0 Å². The topological polar surface area (TPSA) is 40.8 Å². The van der Waals surface area contributed by atoms with Crippen LogP contribution in [0.3, 0.4) is 0 Å². The lowest BCUT2D eigenvalue weighted by Crippen LogP contribution is -1.76. The molecule has 0 aliphatic carbocycles. The Labute approximate surface area is 93.1 Å². The number of aromatic nitrogens is 2. The van der Waals surface area contributed by atoms with Crippen LogP contribution >= 0.6 is 0 Å². The molecule has 2 heterocycles. The first-order valence-corrected chi connectivity index (χ1v) is 5.17. The number of benzene rings is 1. The Kier molecular flexibility index (Phi) is 1.96. The van der Waals surface area contributed by atoms with Crippen LogP contribution in [0.15, 0.2) is 42.6 Å². The highest BCUT2D eigenvalue weighted by molar-refractivity contribution is 5.85. The van der Waals surface area contributed by atoms with Gasteiger partial charge in [-0.1, -0.05) is 18.2 Å². The Balaban J connectivity index is 2.11. The van der Waals surface area contributed by atoms with Gasteiger partial charge in [0.05, 0.1) is 18.5 Å². The van der Waals surface area contributed by atoms with Crippen LogP contribution in [0, 0.1) is 0 Å². The maximum atomic E-state index is 5.15. The Morgan fingerprint density at radius 1 is 1.06 bits per heavy atom. The molecule has 0 aliphatic rings. The maximum Gasteiger partial charge on any atom is 0.136 e. The molecule has 0 spiro atoms. The van der Waals surface area contributed by atoms with Crippen molar-refractivity contribution < 1.29 is 4.74 Å². The molecule has 80 valence electrons. The number of methoxy groups -OCH3 is 1. The summed E-state index contributed by atoms with van der Waals surface area (Å²) in [7, 11) is 1.66. The normalized spacial score (nSPS) is 10.8. The Morgan fingerprint density at radius 3 is 2.69 bits per heavy atom. The Morgan fingerprint density at radius 2 is 1.94 bits per heavy atom. The first kappa shape index (κ1) is 9.09. The molecule has 2 aromatic heterocycles. The highest BCUT2D eigenvalue weighted by Gasteiger charge is 2.05. The third-order valence-corrected chi connectivity index (χ3v) is 2.71. The minimum atomic E-state index is 0.841. The van der Waals surface area contributed by atoms with Gasteiger partial charge in [0.25, 0.3) is 0 Å². The second-order valence-corrected chi connectivity index (χ2v) is 3.72. The summed E-state index contributed by atoms with van der Waals surface area (Å²) in [5.41, 5.74) is 3.25.